The summed E-state index contributed by atoms with van der Waals surface area (Å²) in [4.78, 5) is 2.25. The predicted octanol–water partition coefficient (Wildman–Crippen LogP) is 3.50. The highest BCUT2D eigenvalue weighted by atomic mass is 79.9. The van der Waals surface area contributed by atoms with E-state index in [4.69, 9.17) is 11.6 Å². The second kappa shape index (κ2) is 5.48. The van der Waals surface area contributed by atoms with Gasteiger partial charge in [-0.1, -0.05) is 11.6 Å². The van der Waals surface area contributed by atoms with Gasteiger partial charge in [0, 0.05) is 23.2 Å². The normalized spacial score (nSPS) is 19.2. The average molecular weight is 329 g/mol. The summed E-state index contributed by atoms with van der Waals surface area (Å²) in [5, 5.41) is 13.5. The van der Waals surface area contributed by atoms with Gasteiger partial charge in [0.05, 0.1) is 11.1 Å². The summed E-state index contributed by atoms with van der Waals surface area (Å²) < 4.78 is 0.843. The molecule has 0 bridgehead atoms. The Kier molecular flexibility index (Phi) is 4.16. The van der Waals surface area contributed by atoms with Gasteiger partial charge < -0.3 is 10.2 Å². The van der Waals surface area contributed by atoms with E-state index in [0.717, 1.165) is 36.1 Å². The lowest BCUT2D eigenvalue weighted by Gasteiger charge is -2.36. The van der Waals surface area contributed by atoms with Crippen LogP contribution in [0.1, 0.15) is 12.8 Å². The SMILES string of the molecule is CN1CCC(C#N)(Nc2ccc(Cl)c(Br)c2)CC1. The number of hydrogen-bond donors (Lipinski definition) is 1. The van der Waals surface area contributed by atoms with Gasteiger partial charge in [-0.25, -0.2) is 0 Å². The van der Waals surface area contributed by atoms with E-state index >= 15 is 0 Å². The average Bonchev–Trinajstić information content (AvgIpc) is 2.37. The zero-order chi connectivity index (χ0) is 13.2. The first-order chi connectivity index (χ1) is 8.54. The largest absolute Gasteiger partial charge is 0.367 e. The molecule has 1 heterocycles. The first-order valence-electron chi connectivity index (χ1n) is 5.88. The van der Waals surface area contributed by atoms with Gasteiger partial charge in [-0.3, -0.25) is 0 Å². The van der Waals surface area contributed by atoms with E-state index in [1.165, 1.54) is 0 Å². The van der Waals surface area contributed by atoms with E-state index in [9.17, 15) is 5.26 Å². The van der Waals surface area contributed by atoms with Crippen molar-refractivity contribution < 1.29 is 0 Å². The molecule has 96 valence electrons. The van der Waals surface area contributed by atoms with Gasteiger partial charge in [-0.05, 0) is 54.0 Å². The summed E-state index contributed by atoms with van der Waals surface area (Å²) in [6, 6.07) is 8.09. The molecule has 1 aromatic carbocycles. The standard InChI is InChI=1S/C13H15BrClN3/c1-18-6-4-13(9-16,5-7-18)17-10-2-3-12(15)11(14)8-10/h2-3,8,17H,4-7H2,1H3. The molecule has 0 aromatic heterocycles. The molecular weight excluding hydrogens is 314 g/mol. The number of likely N-dealkylation sites (tertiary alicyclic amines) is 1. The van der Waals surface area contributed by atoms with Crippen LogP contribution in [0.4, 0.5) is 5.69 Å². The fraction of sp³-hybridized carbons (Fsp3) is 0.462. The van der Waals surface area contributed by atoms with Gasteiger partial charge >= 0.3 is 0 Å². The number of rotatable bonds is 2. The quantitative estimate of drug-likeness (QED) is 0.903. The van der Waals surface area contributed by atoms with Crippen LogP contribution in [0.15, 0.2) is 22.7 Å². The summed E-state index contributed by atoms with van der Waals surface area (Å²) in [5.74, 6) is 0. The molecule has 0 saturated carbocycles. The molecule has 2 rings (SSSR count). The van der Waals surface area contributed by atoms with Crippen LogP contribution in [0.25, 0.3) is 0 Å². The summed E-state index contributed by atoms with van der Waals surface area (Å²) in [5.41, 5.74) is 0.470. The monoisotopic (exact) mass is 327 g/mol. The van der Waals surface area contributed by atoms with E-state index in [1.807, 2.05) is 18.2 Å². The summed E-state index contributed by atoms with van der Waals surface area (Å²) >= 11 is 9.36. The second-order valence-electron chi connectivity index (χ2n) is 4.75. The van der Waals surface area contributed by atoms with Crippen LogP contribution in [0.5, 0.6) is 0 Å². The number of nitriles is 1. The highest BCUT2D eigenvalue weighted by Crippen LogP contribution is 2.30. The Balaban J connectivity index is 2.15. The molecular formula is C13H15BrClN3. The lowest BCUT2D eigenvalue weighted by atomic mass is 9.89. The van der Waals surface area contributed by atoms with E-state index < -0.39 is 5.54 Å². The summed E-state index contributed by atoms with van der Waals surface area (Å²) in [6.07, 6.45) is 1.67. The van der Waals surface area contributed by atoms with Gasteiger partial charge in [-0.15, -0.1) is 0 Å². The van der Waals surface area contributed by atoms with Crippen molar-refractivity contribution in [1.29, 1.82) is 5.26 Å². The Labute approximate surface area is 121 Å². The molecule has 0 unspecified atom stereocenters. The fourth-order valence-corrected chi connectivity index (χ4v) is 2.61. The molecule has 1 aliphatic rings. The zero-order valence-electron chi connectivity index (χ0n) is 10.2. The number of nitrogens with one attached hydrogen (secondary N) is 1. The van der Waals surface area contributed by atoms with Crippen molar-refractivity contribution in [3.63, 3.8) is 0 Å². The van der Waals surface area contributed by atoms with Gasteiger partial charge in [-0.2, -0.15) is 5.26 Å². The number of benzene rings is 1. The van der Waals surface area contributed by atoms with Crippen molar-refractivity contribution >= 4 is 33.2 Å². The lowest BCUT2D eigenvalue weighted by Crippen LogP contribution is -2.47. The van der Waals surface area contributed by atoms with Crippen LogP contribution in [0, 0.1) is 11.3 Å². The Morgan fingerprint density at radius 2 is 2.11 bits per heavy atom. The van der Waals surface area contributed by atoms with Gasteiger partial charge in [0.2, 0.25) is 0 Å². The second-order valence-corrected chi connectivity index (χ2v) is 6.01. The maximum absolute atomic E-state index is 9.44. The molecule has 0 spiro atoms. The molecule has 1 N–H and O–H groups in total. The van der Waals surface area contributed by atoms with Gasteiger partial charge in [0.1, 0.15) is 5.54 Å². The molecule has 0 radical (unpaired) electrons. The van der Waals surface area contributed by atoms with Crippen molar-refractivity contribution in [2.75, 3.05) is 25.5 Å². The maximum atomic E-state index is 9.44. The molecule has 0 atom stereocenters. The Hall–Kier alpha value is -0.760. The summed E-state index contributed by atoms with van der Waals surface area (Å²) in [7, 11) is 2.08. The van der Waals surface area contributed by atoms with Crippen LogP contribution < -0.4 is 5.32 Å². The van der Waals surface area contributed by atoms with E-state index in [0.29, 0.717) is 5.02 Å². The third-order valence-electron chi connectivity index (χ3n) is 3.36. The fourth-order valence-electron chi connectivity index (χ4n) is 2.12. The topological polar surface area (TPSA) is 39.1 Å². The molecule has 3 nitrogen and oxygen atoms in total. The Bertz CT molecular complexity index is 476. The molecule has 18 heavy (non-hydrogen) atoms. The molecule has 5 heteroatoms. The minimum absolute atomic E-state index is 0.459. The maximum Gasteiger partial charge on any atom is 0.127 e. The number of anilines is 1. The van der Waals surface area contributed by atoms with Gasteiger partial charge in [0.15, 0.2) is 0 Å². The molecule has 1 aromatic rings. The van der Waals surface area contributed by atoms with Crippen molar-refractivity contribution in [2.45, 2.75) is 18.4 Å². The number of piperidine rings is 1. The minimum atomic E-state index is -0.459. The number of halogens is 2. The lowest BCUT2D eigenvalue weighted by molar-refractivity contribution is 0.235. The molecule has 1 saturated heterocycles. The molecule has 1 fully saturated rings. The zero-order valence-corrected chi connectivity index (χ0v) is 12.6. The Morgan fingerprint density at radius 1 is 1.44 bits per heavy atom. The summed E-state index contributed by atoms with van der Waals surface area (Å²) in [6.45, 7) is 1.88. The van der Waals surface area contributed by atoms with Crippen LogP contribution in [0.3, 0.4) is 0 Å². The predicted molar refractivity (Wildman–Crippen MR) is 77.8 cm³/mol. The molecule has 0 amide bonds. The smallest absolute Gasteiger partial charge is 0.127 e. The molecule has 1 aliphatic heterocycles. The molecule has 0 aliphatic carbocycles. The van der Waals surface area contributed by atoms with Crippen LogP contribution in [-0.2, 0) is 0 Å². The van der Waals surface area contributed by atoms with Crippen molar-refractivity contribution in [1.82, 2.24) is 4.90 Å². The highest BCUT2D eigenvalue weighted by Gasteiger charge is 2.33. The van der Waals surface area contributed by atoms with Crippen molar-refractivity contribution in [3.8, 4) is 6.07 Å². The highest BCUT2D eigenvalue weighted by molar-refractivity contribution is 9.10. The minimum Gasteiger partial charge on any atom is -0.367 e. The first kappa shape index (κ1) is 13.7. The van der Waals surface area contributed by atoms with Crippen molar-refractivity contribution in [2.24, 2.45) is 0 Å². The van der Waals surface area contributed by atoms with E-state index in [-0.39, 0.29) is 0 Å². The first-order valence-corrected chi connectivity index (χ1v) is 7.05. The third kappa shape index (κ3) is 2.97. The Morgan fingerprint density at radius 3 is 2.67 bits per heavy atom. The van der Waals surface area contributed by atoms with Crippen LogP contribution in [0.2, 0.25) is 5.02 Å². The van der Waals surface area contributed by atoms with Crippen LogP contribution >= 0.6 is 27.5 Å². The van der Waals surface area contributed by atoms with Crippen LogP contribution in [-0.4, -0.2) is 30.6 Å². The van der Waals surface area contributed by atoms with Crippen molar-refractivity contribution in [3.05, 3.63) is 27.7 Å². The van der Waals surface area contributed by atoms with E-state index in [2.05, 4.69) is 39.3 Å². The van der Waals surface area contributed by atoms with E-state index in [1.54, 1.807) is 0 Å². The third-order valence-corrected chi connectivity index (χ3v) is 4.57. The van der Waals surface area contributed by atoms with Gasteiger partial charge in [0.25, 0.3) is 0 Å². The number of hydrogen-bond acceptors (Lipinski definition) is 3. The number of nitrogens with zero attached hydrogens (tertiary/aromatic N) is 2.